The van der Waals surface area contributed by atoms with Crippen LogP contribution >= 0.6 is 0 Å². The number of halogens is 1. The Balaban J connectivity index is 1.46. The predicted molar refractivity (Wildman–Crippen MR) is 136 cm³/mol. The molecule has 2 aromatic heterocycles. The molecule has 0 aliphatic carbocycles. The fourth-order valence-electron chi connectivity index (χ4n) is 4.05. The number of hydrogen-bond donors (Lipinski definition) is 0. The van der Waals surface area contributed by atoms with E-state index in [9.17, 15) is 10.1 Å². The highest BCUT2D eigenvalue weighted by Gasteiger charge is 2.16. The largest absolute Gasteiger partial charge is 0.419 e. The van der Waals surface area contributed by atoms with E-state index in [1.165, 1.54) is 16.8 Å². The van der Waals surface area contributed by atoms with Gasteiger partial charge in [0.1, 0.15) is 11.9 Å². The molecule has 0 N–H and O–H groups in total. The summed E-state index contributed by atoms with van der Waals surface area (Å²) in [5, 5.41) is 9.85. The smallest absolute Gasteiger partial charge is 0.408 e. The molecule has 0 amide bonds. The number of nitriles is 1. The van der Waals surface area contributed by atoms with Gasteiger partial charge >= 0.3 is 5.76 Å². The van der Waals surface area contributed by atoms with E-state index in [1.807, 2.05) is 60.7 Å². The Kier molecular flexibility index (Phi) is 6.25. The fourth-order valence-corrected chi connectivity index (χ4v) is 4.05. The SMILES string of the molecule is Cn1c(=O)oc2ccc(-c3cc(F)c(CC(C#N)N=C(c4ccccc4)c4ccccc4)cn3)cc21. The van der Waals surface area contributed by atoms with Gasteiger partial charge in [-0.15, -0.1) is 0 Å². The molecule has 3 aromatic carbocycles. The third kappa shape index (κ3) is 4.57. The summed E-state index contributed by atoms with van der Waals surface area (Å²) in [4.78, 5) is 20.9. The van der Waals surface area contributed by atoms with Crippen molar-refractivity contribution >= 4 is 16.8 Å². The number of pyridine rings is 1. The molecular weight excluding hydrogens is 455 g/mol. The molecule has 176 valence electrons. The number of oxazole rings is 1. The van der Waals surface area contributed by atoms with Gasteiger partial charge in [-0.1, -0.05) is 60.7 Å². The molecule has 0 aliphatic heterocycles. The first-order chi connectivity index (χ1) is 17.5. The number of rotatable bonds is 6. The highest BCUT2D eigenvalue weighted by Crippen LogP contribution is 2.24. The second kappa shape index (κ2) is 9.80. The van der Waals surface area contributed by atoms with Gasteiger partial charge in [0, 0.05) is 48.0 Å². The van der Waals surface area contributed by atoms with Gasteiger partial charge in [0.25, 0.3) is 0 Å². The van der Waals surface area contributed by atoms with E-state index < -0.39 is 17.6 Å². The molecule has 0 saturated carbocycles. The molecule has 7 heteroatoms. The van der Waals surface area contributed by atoms with Crippen LogP contribution in [0.2, 0.25) is 0 Å². The van der Waals surface area contributed by atoms with Crippen molar-refractivity contribution in [1.82, 2.24) is 9.55 Å². The topological polar surface area (TPSA) is 84.2 Å². The van der Waals surface area contributed by atoms with E-state index in [0.717, 1.165) is 11.1 Å². The lowest BCUT2D eigenvalue weighted by Gasteiger charge is -2.12. The summed E-state index contributed by atoms with van der Waals surface area (Å²) in [6.07, 6.45) is 1.52. The van der Waals surface area contributed by atoms with Crippen LogP contribution in [-0.4, -0.2) is 21.3 Å². The van der Waals surface area contributed by atoms with Gasteiger partial charge in [0.2, 0.25) is 0 Å². The lowest BCUT2D eigenvalue weighted by molar-refractivity contribution is 0.528. The van der Waals surface area contributed by atoms with Crippen LogP contribution in [0.25, 0.3) is 22.4 Å². The van der Waals surface area contributed by atoms with Gasteiger partial charge in [-0.05, 0) is 18.2 Å². The number of aliphatic imine (C=N–C) groups is 1. The first-order valence-corrected chi connectivity index (χ1v) is 11.4. The van der Waals surface area contributed by atoms with E-state index in [2.05, 4.69) is 11.1 Å². The van der Waals surface area contributed by atoms with Gasteiger partial charge in [-0.3, -0.25) is 14.5 Å². The van der Waals surface area contributed by atoms with E-state index in [4.69, 9.17) is 9.41 Å². The third-order valence-electron chi connectivity index (χ3n) is 5.96. The lowest BCUT2D eigenvalue weighted by Crippen LogP contribution is -2.13. The number of aromatic nitrogens is 2. The summed E-state index contributed by atoms with van der Waals surface area (Å²) in [6, 6.07) is 27.1. The van der Waals surface area contributed by atoms with Crippen LogP contribution in [0, 0.1) is 17.1 Å². The van der Waals surface area contributed by atoms with E-state index in [0.29, 0.717) is 33.6 Å². The first kappa shape index (κ1) is 22.9. The number of nitrogens with zero attached hydrogens (tertiary/aromatic N) is 4. The quantitative estimate of drug-likeness (QED) is 0.311. The number of aryl methyl sites for hydroxylation is 1. The van der Waals surface area contributed by atoms with Crippen LogP contribution in [0.15, 0.2) is 105 Å². The highest BCUT2D eigenvalue weighted by atomic mass is 19.1. The molecule has 1 atom stereocenters. The van der Waals surface area contributed by atoms with Crippen molar-refractivity contribution in [3.63, 3.8) is 0 Å². The molecule has 0 spiro atoms. The minimum Gasteiger partial charge on any atom is -0.408 e. The van der Waals surface area contributed by atoms with Gasteiger partial charge in [0.15, 0.2) is 5.58 Å². The molecule has 6 nitrogen and oxygen atoms in total. The molecule has 0 radical (unpaired) electrons. The van der Waals surface area contributed by atoms with Crippen molar-refractivity contribution < 1.29 is 8.81 Å². The van der Waals surface area contributed by atoms with Crippen LogP contribution in [0.5, 0.6) is 0 Å². The Bertz CT molecular complexity index is 1620. The normalized spacial score (nSPS) is 11.7. The summed E-state index contributed by atoms with van der Waals surface area (Å²) >= 11 is 0. The summed E-state index contributed by atoms with van der Waals surface area (Å²) in [5.41, 5.74) is 4.83. The van der Waals surface area contributed by atoms with Crippen molar-refractivity contribution in [2.45, 2.75) is 12.5 Å². The Morgan fingerprint density at radius 1 is 1.06 bits per heavy atom. The average Bonchev–Trinajstić information content (AvgIpc) is 3.20. The van der Waals surface area contributed by atoms with Crippen molar-refractivity contribution in [2.24, 2.45) is 12.0 Å². The Labute approximate surface area is 206 Å². The summed E-state index contributed by atoms with van der Waals surface area (Å²) in [7, 11) is 1.61. The van der Waals surface area contributed by atoms with Crippen molar-refractivity contribution in [3.8, 4) is 17.3 Å². The number of fused-ring (bicyclic) bond motifs is 1. The zero-order valence-electron chi connectivity index (χ0n) is 19.4. The Morgan fingerprint density at radius 3 is 2.33 bits per heavy atom. The monoisotopic (exact) mass is 476 g/mol. The molecule has 5 rings (SSSR count). The standard InChI is InChI=1S/C29H21FN4O2/c1-34-26-15-21(12-13-27(26)36-29(34)35)25-16-24(30)22(18-32-25)14-23(17-31)33-28(19-8-4-2-5-9-19)20-10-6-3-7-11-20/h2-13,15-16,18,23H,14H2,1H3. The zero-order valence-corrected chi connectivity index (χ0v) is 19.4. The highest BCUT2D eigenvalue weighted by molar-refractivity contribution is 6.13. The Morgan fingerprint density at radius 2 is 1.72 bits per heavy atom. The van der Waals surface area contributed by atoms with Gasteiger partial charge in [0.05, 0.1) is 23.0 Å². The molecule has 36 heavy (non-hydrogen) atoms. The van der Waals surface area contributed by atoms with Gasteiger partial charge in [-0.25, -0.2) is 9.18 Å². The van der Waals surface area contributed by atoms with Gasteiger partial charge < -0.3 is 4.42 Å². The predicted octanol–water partition coefficient (Wildman–Crippen LogP) is 5.30. The molecule has 5 aromatic rings. The maximum Gasteiger partial charge on any atom is 0.419 e. The van der Waals surface area contributed by atoms with E-state index in [-0.39, 0.29) is 6.42 Å². The summed E-state index contributed by atoms with van der Waals surface area (Å²) < 4.78 is 21.7. The fraction of sp³-hybridized carbons (Fsp3) is 0.103. The van der Waals surface area contributed by atoms with Crippen LogP contribution in [0.1, 0.15) is 16.7 Å². The van der Waals surface area contributed by atoms with E-state index >= 15 is 4.39 Å². The molecular formula is C29H21FN4O2. The van der Waals surface area contributed by atoms with Gasteiger partial charge in [-0.2, -0.15) is 5.26 Å². The molecule has 1 unspecified atom stereocenters. The molecule has 0 fully saturated rings. The second-order valence-corrected chi connectivity index (χ2v) is 8.33. The average molecular weight is 477 g/mol. The Hall–Kier alpha value is -4.83. The maximum absolute atomic E-state index is 15.1. The van der Waals surface area contributed by atoms with Crippen LogP contribution in [0.4, 0.5) is 4.39 Å². The molecule has 0 aliphatic rings. The first-order valence-electron chi connectivity index (χ1n) is 11.4. The number of benzene rings is 3. The summed E-state index contributed by atoms with van der Waals surface area (Å²) in [5.74, 6) is -0.942. The lowest BCUT2D eigenvalue weighted by atomic mass is 10.0. The number of hydrogen-bond acceptors (Lipinski definition) is 5. The minimum absolute atomic E-state index is 0.0774. The maximum atomic E-state index is 15.1. The summed E-state index contributed by atoms with van der Waals surface area (Å²) in [6.45, 7) is 0. The second-order valence-electron chi connectivity index (χ2n) is 8.33. The van der Waals surface area contributed by atoms with Crippen molar-refractivity contribution in [1.29, 1.82) is 5.26 Å². The molecule has 2 heterocycles. The van der Waals surface area contributed by atoms with E-state index in [1.54, 1.807) is 25.2 Å². The molecule has 0 saturated heterocycles. The third-order valence-corrected chi connectivity index (χ3v) is 5.96. The van der Waals surface area contributed by atoms with Crippen LogP contribution in [0.3, 0.4) is 0 Å². The van der Waals surface area contributed by atoms with Crippen LogP contribution in [-0.2, 0) is 13.5 Å². The van der Waals surface area contributed by atoms with Crippen molar-refractivity contribution in [2.75, 3.05) is 0 Å². The zero-order chi connectivity index (χ0) is 25.1. The minimum atomic E-state index is -0.806. The van der Waals surface area contributed by atoms with Crippen LogP contribution < -0.4 is 5.76 Å². The van der Waals surface area contributed by atoms with Crippen molar-refractivity contribution in [3.05, 3.63) is 124 Å². The molecule has 0 bridgehead atoms.